The van der Waals surface area contributed by atoms with Crippen molar-refractivity contribution >= 4 is 23.0 Å². The number of aliphatic hydroxyl groups excluding tert-OH is 1. The van der Waals surface area contributed by atoms with Gasteiger partial charge in [-0.25, -0.2) is 4.98 Å². The maximum atomic E-state index is 10.7. The third kappa shape index (κ3) is 3.11. The Labute approximate surface area is 109 Å². The summed E-state index contributed by atoms with van der Waals surface area (Å²) < 4.78 is 5.48. The zero-order valence-corrected chi connectivity index (χ0v) is 10.5. The summed E-state index contributed by atoms with van der Waals surface area (Å²) in [7, 11) is 0. The first-order valence-corrected chi connectivity index (χ1v) is 5.82. The minimum absolute atomic E-state index is 0.0698. The molecule has 0 bridgehead atoms. The minimum atomic E-state index is -0.511. The number of nitrogens with two attached hydrogens (primary N) is 1. The number of hydrogen-bond donors (Lipinski definition) is 3. The first-order valence-electron chi connectivity index (χ1n) is 5.82. The quantitative estimate of drug-likeness (QED) is 0.693. The number of aliphatic hydroxyl groups is 1. The van der Waals surface area contributed by atoms with E-state index in [0.717, 1.165) is 10.9 Å². The molecule has 4 N–H and O–H groups in total. The lowest BCUT2D eigenvalue weighted by atomic mass is 10.2. The number of nitrogens with zero attached hydrogens (tertiary/aromatic N) is 1. The summed E-state index contributed by atoms with van der Waals surface area (Å²) in [5.74, 6) is 0.0472. The van der Waals surface area contributed by atoms with E-state index in [4.69, 9.17) is 15.6 Å². The van der Waals surface area contributed by atoms with Crippen LogP contribution in [-0.2, 0) is 4.79 Å². The number of amides is 1. The first-order chi connectivity index (χ1) is 9.10. The number of carbonyl (C=O) groups is 1. The van der Waals surface area contributed by atoms with Crippen molar-refractivity contribution in [3.63, 3.8) is 0 Å². The lowest BCUT2D eigenvalue weighted by Crippen LogP contribution is -2.16. The van der Waals surface area contributed by atoms with Crippen molar-refractivity contribution in [2.24, 2.45) is 5.73 Å². The predicted octanol–water partition coefficient (Wildman–Crippen LogP) is 0.821. The fourth-order valence-corrected chi connectivity index (χ4v) is 1.65. The molecule has 0 aliphatic rings. The van der Waals surface area contributed by atoms with E-state index in [1.54, 1.807) is 31.5 Å². The second kappa shape index (κ2) is 5.53. The van der Waals surface area contributed by atoms with Crippen molar-refractivity contribution in [3.8, 4) is 5.75 Å². The van der Waals surface area contributed by atoms with Gasteiger partial charge < -0.3 is 20.6 Å². The van der Waals surface area contributed by atoms with Gasteiger partial charge in [-0.15, -0.1) is 0 Å². The molecule has 100 valence electrons. The molecule has 6 heteroatoms. The number of aromatic amines is 1. The number of pyridine rings is 1. The van der Waals surface area contributed by atoms with Gasteiger partial charge in [0.15, 0.2) is 0 Å². The monoisotopic (exact) mass is 261 g/mol. The first kappa shape index (κ1) is 13.1. The third-order valence-electron chi connectivity index (χ3n) is 2.56. The molecular weight excluding hydrogens is 246 g/mol. The van der Waals surface area contributed by atoms with Crippen molar-refractivity contribution in [2.45, 2.75) is 13.0 Å². The number of primary amides is 1. The number of nitrogens with one attached hydrogen (secondary N) is 1. The Morgan fingerprint density at radius 1 is 1.68 bits per heavy atom. The van der Waals surface area contributed by atoms with Crippen LogP contribution in [-0.4, -0.2) is 33.7 Å². The number of aromatic nitrogens is 2. The Morgan fingerprint density at radius 2 is 2.47 bits per heavy atom. The standard InChI is InChI=1S/C13H15N3O3/c1-8(7-17)19-10-4-11-9(2-3-12(14)18)5-15-13(11)16-6-10/h2-6,8,17H,7H2,1H3,(H2,14,18)(H,15,16). The van der Waals surface area contributed by atoms with Crippen LogP contribution in [0.2, 0.25) is 0 Å². The summed E-state index contributed by atoms with van der Waals surface area (Å²) in [6, 6.07) is 1.80. The Morgan fingerprint density at radius 3 is 3.16 bits per heavy atom. The van der Waals surface area contributed by atoms with Crippen molar-refractivity contribution in [2.75, 3.05) is 6.61 Å². The van der Waals surface area contributed by atoms with Crippen molar-refractivity contribution < 1.29 is 14.6 Å². The number of carbonyl (C=O) groups excluding carboxylic acids is 1. The molecule has 0 aliphatic heterocycles. The van der Waals surface area contributed by atoms with Gasteiger partial charge in [0.05, 0.1) is 12.8 Å². The van der Waals surface area contributed by atoms with Gasteiger partial charge in [0.2, 0.25) is 5.91 Å². The average molecular weight is 261 g/mol. The van der Waals surface area contributed by atoms with E-state index in [1.807, 2.05) is 0 Å². The molecule has 6 nitrogen and oxygen atoms in total. The molecule has 0 radical (unpaired) electrons. The van der Waals surface area contributed by atoms with Gasteiger partial charge in [-0.2, -0.15) is 0 Å². The number of fused-ring (bicyclic) bond motifs is 1. The van der Waals surface area contributed by atoms with Crippen LogP contribution in [0.4, 0.5) is 0 Å². The van der Waals surface area contributed by atoms with Crippen LogP contribution in [0.25, 0.3) is 17.1 Å². The van der Waals surface area contributed by atoms with E-state index in [-0.39, 0.29) is 12.7 Å². The topological polar surface area (TPSA) is 101 Å². The lowest BCUT2D eigenvalue weighted by Gasteiger charge is -2.11. The van der Waals surface area contributed by atoms with E-state index in [9.17, 15) is 4.79 Å². The molecule has 0 fully saturated rings. The summed E-state index contributed by atoms with van der Waals surface area (Å²) in [5.41, 5.74) is 6.55. The van der Waals surface area contributed by atoms with E-state index < -0.39 is 5.91 Å². The number of rotatable bonds is 5. The Kier molecular flexibility index (Phi) is 3.82. The predicted molar refractivity (Wildman–Crippen MR) is 71.5 cm³/mol. The summed E-state index contributed by atoms with van der Waals surface area (Å²) in [6.45, 7) is 1.69. The molecule has 2 rings (SSSR count). The molecule has 0 saturated carbocycles. The Balaban J connectivity index is 2.34. The van der Waals surface area contributed by atoms with Crippen LogP contribution in [0.15, 0.2) is 24.5 Å². The molecule has 2 aromatic rings. The fraction of sp³-hybridized carbons (Fsp3) is 0.231. The second-order valence-corrected chi connectivity index (χ2v) is 4.16. The van der Waals surface area contributed by atoms with Gasteiger partial charge in [0.25, 0.3) is 0 Å². The molecule has 1 atom stereocenters. The van der Waals surface area contributed by atoms with Crippen LogP contribution >= 0.6 is 0 Å². The average Bonchev–Trinajstić information content (AvgIpc) is 2.78. The van der Waals surface area contributed by atoms with Crippen LogP contribution < -0.4 is 10.5 Å². The number of hydrogen-bond acceptors (Lipinski definition) is 4. The lowest BCUT2D eigenvalue weighted by molar-refractivity contribution is -0.113. The van der Waals surface area contributed by atoms with Gasteiger partial charge in [0.1, 0.15) is 17.5 Å². The molecule has 2 heterocycles. The molecule has 19 heavy (non-hydrogen) atoms. The van der Waals surface area contributed by atoms with E-state index >= 15 is 0 Å². The summed E-state index contributed by atoms with van der Waals surface area (Å²) in [5, 5.41) is 9.77. The molecule has 1 unspecified atom stereocenters. The Bertz CT molecular complexity index is 619. The van der Waals surface area contributed by atoms with E-state index in [1.165, 1.54) is 6.08 Å². The zero-order valence-electron chi connectivity index (χ0n) is 10.5. The smallest absolute Gasteiger partial charge is 0.241 e. The largest absolute Gasteiger partial charge is 0.487 e. The van der Waals surface area contributed by atoms with Gasteiger partial charge >= 0.3 is 0 Å². The van der Waals surface area contributed by atoms with Crippen LogP contribution in [0, 0.1) is 0 Å². The van der Waals surface area contributed by atoms with E-state index in [2.05, 4.69) is 9.97 Å². The second-order valence-electron chi connectivity index (χ2n) is 4.16. The number of H-pyrrole nitrogens is 1. The molecule has 2 aromatic heterocycles. The SMILES string of the molecule is CC(CO)Oc1cnc2[nH]cc(C=CC(N)=O)c2c1. The number of ether oxygens (including phenoxy) is 1. The normalized spacial score (nSPS) is 12.9. The van der Waals surface area contributed by atoms with Gasteiger partial charge in [0, 0.05) is 23.2 Å². The highest BCUT2D eigenvalue weighted by Gasteiger charge is 2.07. The molecule has 1 amide bonds. The molecule has 0 saturated heterocycles. The molecular formula is C13H15N3O3. The van der Waals surface area contributed by atoms with E-state index in [0.29, 0.717) is 11.4 Å². The maximum absolute atomic E-state index is 10.7. The fourth-order valence-electron chi connectivity index (χ4n) is 1.65. The highest BCUT2D eigenvalue weighted by Crippen LogP contribution is 2.23. The van der Waals surface area contributed by atoms with Gasteiger partial charge in [-0.3, -0.25) is 4.79 Å². The van der Waals surface area contributed by atoms with Crippen LogP contribution in [0.1, 0.15) is 12.5 Å². The Hall–Kier alpha value is -2.34. The highest BCUT2D eigenvalue weighted by atomic mass is 16.5. The molecule has 0 spiro atoms. The maximum Gasteiger partial charge on any atom is 0.241 e. The van der Waals surface area contributed by atoms with Crippen molar-refractivity contribution in [1.29, 1.82) is 0 Å². The molecule has 0 aliphatic carbocycles. The van der Waals surface area contributed by atoms with Crippen molar-refractivity contribution in [1.82, 2.24) is 9.97 Å². The molecule has 0 aromatic carbocycles. The van der Waals surface area contributed by atoms with Crippen LogP contribution in [0.3, 0.4) is 0 Å². The van der Waals surface area contributed by atoms with Gasteiger partial charge in [-0.05, 0) is 19.1 Å². The van der Waals surface area contributed by atoms with Crippen molar-refractivity contribution in [3.05, 3.63) is 30.1 Å². The highest BCUT2D eigenvalue weighted by molar-refractivity contribution is 5.94. The summed E-state index contributed by atoms with van der Waals surface area (Å²) in [4.78, 5) is 17.9. The summed E-state index contributed by atoms with van der Waals surface area (Å²) >= 11 is 0. The third-order valence-corrected chi connectivity index (χ3v) is 2.56. The van der Waals surface area contributed by atoms with Crippen LogP contribution in [0.5, 0.6) is 5.75 Å². The zero-order chi connectivity index (χ0) is 13.8. The minimum Gasteiger partial charge on any atom is -0.487 e. The van der Waals surface area contributed by atoms with Gasteiger partial charge in [-0.1, -0.05) is 0 Å². The summed E-state index contributed by atoms with van der Waals surface area (Å²) in [6.07, 6.45) is 5.90.